The highest BCUT2D eigenvalue weighted by atomic mass is 19.3. The molecule has 22 heavy (non-hydrogen) atoms. The van der Waals surface area contributed by atoms with Gasteiger partial charge in [-0.25, -0.2) is 0 Å². The van der Waals surface area contributed by atoms with Gasteiger partial charge >= 0.3 is 6.61 Å². The summed E-state index contributed by atoms with van der Waals surface area (Å²) < 4.78 is 39.9. The van der Waals surface area contributed by atoms with Gasteiger partial charge in [-0.15, -0.1) is 0 Å². The third-order valence-corrected chi connectivity index (χ3v) is 3.33. The van der Waals surface area contributed by atoms with Crippen molar-refractivity contribution in [1.82, 2.24) is 4.90 Å². The number of fused-ring (bicyclic) bond motifs is 1. The first kappa shape index (κ1) is 16.3. The van der Waals surface area contributed by atoms with Crippen molar-refractivity contribution in [2.45, 2.75) is 20.1 Å². The van der Waals surface area contributed by atoms with Gasteiger partial charge in [-0.05, 0) is 6.07 Å². The zero-order valence-electron chi connectivity index (χ0n) is 12.3. The average molecular weight is 316 g/mol. The van der Waals surface area contributed by atoms with E-state index in [0.29, 0.717) is 17.1 Å². The highest BCUT2D eigenvalue weighted by Crippen LogP contribution is 2.39. The van der Waals surface area contributed by atoms with Crippen LogP contribution >= 0.6 is 0 Å². The molecule has 0 saturated carbocycles. The van der Waals surface area contributed by atoms with Gasteiger partial charge in [-0.3, -0.25) is 4.79 Å². The van der Waals surface area contributed by atoms with E-state index in [1.807, 2.05) is 0 Å². The van der Waals surface area contributed by atoms with E-state index >= 15 is 0 Å². The van der Waals surface area contributed by atoms with Crippen LogP contribution in [0.2, 0.25) is 0 Å². The summed E-state index contributed by atoms with van der Waals surface area (Å²) in [4.78, 5) is 13.5. The highest BCUT2D eigenvalue weighted by Gasteiger charge is 2.23. The van der Waals surface area contributed by atoms with Gasteiger partial charge in [0.15, 0.2) is 11.5 Å². The Morgan fingerprint density at radius 1 is 1.41 bits per heavy atom. The fourth-order valence-electron chi connectivity index (χ4n) is 2.11. The molecule has 0 radical (unpaired) electrons. The van der Waals surface area contributed by atoms with Crippen LogP contribution < -0.4 is 19.9 Å². The van der Waals surface area contributed by atoms with Crippen molar-refractivity contribution >= 4 is 5.91 Å². The lowest BCUT2D eigenvalue weighted by atomic mass is 10.1. The topological polar surface area (TPSA) is 74.0 Å². The number of halogens is 2. The SMILES string of the molecule is CC(CN)C(=O)N(C)Cc1cc2c(cc1OC(F)F)OCO2. The molecule has 1 aromatic carbocycles. The van der Waals surface area contributed by atoms with Crippen LogP contribution in [0.5, 0.6) is 17.2 Å². The summed E-state index contributed by atoms with van der Waals surface area (Å²) in [5.74, 6) is 0.203. The molecule has 0 bridgehead atoms. The standard InChI is InChI=1S/C14H18F2N2O4/c1-8(5-17)13(19)18(2)6-9-3-11-12(21-7-20-11)4-10(9)22-14(15)16/h3-4,8,14H,5-7,17H2,1-2H3. The van der Waals surface area contributed by atoms with Crippen molar-refractivity contribution in [3.05, 3.63) is 17.7 Å². The summed E-state index contributed by atoms with van der Waals surface area (Å²) in [6.45, 7) is -0.934. The third kappa shape index (κ3) is 3.56. The molecule has 122 valence electrons. The van der Waals surface area contributed by atoms with Crippen LogP contribution in [0.3, 0.4) is 0 Å². The number of hydrogen-bond donors (Lipinski definition) is 1. The lowest BCUT2D eigenvalue weighted by Crippen LogP contribution is -2.34. The van der Waals surface area contributed by atoms with E-state index in [0.717, 1.165) is 0 Å². The van der Waals surface area contributed by atoms with Gasteiger partial charge in [-0.2, -0.15) is 8.78 Å². The van der Waals surface area contributed by atoms with E-state index in [4.69, 9.17) is 15.2 Å². The minimum atomic E-state index is -2.97. The molecule has 1 atom stereocenters. The second-order valence-corrected chi connectivity index (χ2v) is 5.02. The fourth-order valence-corrected chi connectivity index (χ4v) is 2.11. The molecule has 0 saturated heterocycles. The number of carbonyl (C=O) groups is 1. The number of alkyl halides is 2. The van der Waals surface area contributed by atoms with Crippen LogP contribution in [-0.2, 0) is 11.3 Å². The molecule has 0 spiro atoms. The second-order valence-electron chi connectivity index (χ2n) is 5.02. The molecule has 0 aromatic heterocycles. The van der Waals surface area contributed by atoms with E-state index in [9.17, 15) is 13.6 Å². The van der Waals surface area contributed by atoms with Crippen LogP contribution in [-0.4, -0.2) is 37.8 Å². The Kier molecular flexibility index (Phi) is 5.02. The fraction of sp³-hybridized carbons (Fsp3) is 0.500. The zero-order valence-corrected chi connectivity index (χ0v) is 12.3. The van der Waals surface area contributed by atoms with Crippen LogP contribution in [0.25, 0.3) is 0 Å². The average Bonchev–Trinajstić information content (AvgIpc) is 2.92. The first-order chi connectivity index (χ1) is 10.4. The summed E-state index contributed by atoms with van der Waals surface area (Å²) in [5.41, 5.74) is 5.87. The van der Waals surface area contributed by atoms with E-state index in [1.165, 1.54) is 17.0 Å². The predicted octanol–water partition coefficient (Wildman–Crippen LogP) is 1.57. The predicted molar refractivity (Wildman–Crippen MR) is 73.9 cm³/mol. The quantitative estimate of drug-likeness (QED) is 0.862. The number of nitrogens with zero attached hydrogens (tertiary/aromatic N) is 1. The molecular formula is C14H18F2N2O4. The van der Waals surface area contributed by atoms with Crippen molar-refractivity contribution in [3.63, 3.8) is 0 Å². The molecule has 1 amide bonds. The maximum atomic E-state index is 12.5. The molecule has 1 aromatic rings. The first-order valence-electron chi connectivity index (χ1n) is 6.74. The number of carbonyl (C=O) groups excluding carboxylic acids is 1. The molecule has 0 fully saturated rings. The molecule has 2 rings (SSSR count). The Bertz CT molecular complexity index is 554. The second kappa shape index (κ2) is 6.78. The van der Waals surface area contributed by atoms with Crippen LogP contribution in [0.15, 0.2) is 12.1 Å². The van der Waals surface area contributed by atoms with Gasteiger partial charge in [0.1, 0.15) is 5.75 Å². The number of benzene rings is 1. The Balaban J connectivity index is 2.23. The monoisotopic (exact) mass is 316 g/mol. The summed E-state index contributed by atoms with van der Waals surface area (Å²) in [6, 6.07) is 2.88. The minimum Gasteiger partial charge on any atom is -0.454 e. The molecule has 1 heterocycles. The first-order valence-corrected chi connectivity index (χ1v) is 6.74. The van der Waals surface area contributed by atoms with Crippen molar-refractivity contribution < 1.29 is 27.8 Å². The van der Waals surface area contributed by atoms with Gasteiger partial charge < -0.3 is 24.8 Å². The largest absolute Gasteiger partial charge is 0.454 e. The Labute approximate surface area is 126 Å². The van der Waals surface area contributed by atoms with E-state index < -0.39 is 6.61 Å². The zero-order chi connectivity index (χ0) is 16.3. The van der Waals surface area contributed by atoms with Gasteiger partial charge in [-0.1, -0.05) is 6.92 Å². The van der Waals surface area contributed by atoms with Gasteiger partial charge in [0, 0.05) is 37.7 Å². The van der Waals surface area contributed by atoms with Crippen molar-refractivity contribution in [2.24, 2.45) is 11.7 Å². The normalized spacial score (nSPS) is 14.1. The molecule has 2 N–H and O–H groups in total. The molecule has 6 nitrogen and oxygen atoms in total. The Morgan fingerprint density at radius 2 is 2.05 bits per heavy atom. The van der Waals surface area contributed by atoms with Gasteiger partial charge in [0.05, 0.1) is 0 Å². The molecule has 0 aliphatic carbocycles. The number of rotatable bonds is 6. The molecule has 1 aliphatic heterocycles. The van der Waals surface area contributed by atoms with E-state index in [-0.39, 0.29) is 37.5 Å². The van der Waals surface area contributed by atoms with Crippen LogP contribution in [0, 0.1) is 5.92 Å². The van der Waals surface area contributed by atoms with E-state index in [2.05, 4.69) is 4.74 Å². The summed E-state index contributed by atoms with van der Waals surface area (Å²) in [7, 11) is 1.57. The third-order valence-electron chi connectivity index (χ3n) is 3.33. The molecular weight excluding hydrogens is 298 g/mol. The number of hydrogen-bond acceptors (Lipinski definition) is 5. The number of nitrogens with two attached hydrogens (primary N) is 1. The van der Waals surface area contributed by atoms with E-state index in [1.54, 1.807) is 14.0 Å². The van der Waals surface area contributed by atoms with Crippen LogP contribution in [0.1, 0.15) is 12.5 Å². The smallest absolute Gasteiger partial charge is 0.387 e. The highest BCUT2D eigenvalue weighted by molar-refractivity contribution is 5.78. The lowest BCUT2D eigenvalue weighted by Gasteiger charge is -2.22. The number of ether oxygens (including phenoxy) is 3. The maximum absolute atomic E-state index is 12.5. The minimum absolute atomic E-state index is 0.0197. The summed E-state index contributed by atoms with van der Waals surface area (Å²) >= 11 is 0. The van der Waals surface area contributed by atoms with Gasteiger partial charge in [0.2, 0.25) is 12.7 Å². The molecule has 8 heteroatoms. The number of amides is 1. The Morgan fingerprint density at radius 3 is 2.64 bits per heavy atom. The van der Waals surface area contributed by atoms with Crippen molar-refractivity contribution in [2.75, 3.05) is 20.4 Å². The Hall–Kier alpha value is -2.09. The van der Waals surface area contributed by atoms with Crippen LogP contribution in [0.4, 0.5) is 8.78 Å². The summed E-state index contributed by atoms with van der Waals surface area (Å²) in [6.07, 6.45) is 0. The summed E-state index contributed by atoms with van der Waals surface area (Å²) in [5, 5.41) is 0. The van der Waals surface area contributed by atoms with Crippen molar-refractivity contribution in [3.8, 4) is 17.2 Å². The maximum Gasteiger partial charge on any atom is 0.387 e. The lowest BCUT2D eigenvalue weighted by molar-refractivity contribution is -0.133. The molecule has 1 unspecified atom stereocenters. The van der Waals surface area contributed by atoms with Crippen molar-refractivity contribution in [1.29, 1.82) is 0 Å². The molecule has 1 aliphatic rings. The van der Waals surface area contributed by atoms with Gasteiger partial charge in [0.25, 0.3) is 0 Å².